The van der Waals surface area contributed by atoms with E-state index in [1.165, 1.54) is 5.56 Å². The van der Waals surface area contributed by atoms with Gasteiger partial charge in [-0.2, -0.15) is 5.10 Å². The molecule has 2 aromatic rings. The second-order valence-electron chi connectivity index (χ2n) is 4.89. The average molecular weight is 245 g/mol. The minimum absolute atomic E-state index is 0.165. The van der Waals surface area contributed by atoms with Gasteiger partial charge in [-0.3, -0.25) is 5.10 Å². The van der Waals surface area contributed by atoms with E-state index in [-0.39, 0.29) is 5.92 Å². The molecule has 4 nitrogen and oxygen atoms in total. The molecule has 1 heterocycles. The molecule has 0 fully saturated rings. The maximum absolute atomic E-state index is 9.91. The molecule has 0 saturated heterocycles. The van der Waals surface area contributed by atoms with Crippen LogP contribution in [0, 0.1) is 12.8 Å². The van der Waals surface area contributed by atoms with E-state index in [0.29, 0.717) is 5.82 Å². The highest BCUT2D eigenvalue weighted by atomic mass is 16.3. The second kappa shape index (κ2) is 5.23. The van der Waals surface area contributed by atoms with E-state index in [1.54, 1.807) is 0 Å². The standard InChI is InChI=1S/C14H19N3O/c1-9(2)14(18)12-8-13(17-16-12)15-11-6-4-10(3)5-7-11/h4-9,14,18H,1-3H3,(H2,15,16,17)/t14-/m0/s1. The third-order valence-electron chi connectivity index (χ3n) is 2.87. The first-order valence-electron chi connectivity index (χ1n) is 6.13. The van der Waals surface area contributed by atoms with Crippen molar-refractivity contribution in [2.75, 3.05) is 5.32 Å². The zero-order chi connectivity index (χ0) is 13.1. The Kier molecular flexibility index (Phi) is 3.67. The lowest BCUT2D eigenvalue weighted by atomic mass is 10.0. The van der Waals surface area contributed by atoms with Crippen LogP contribution in [0.1, 0.15) is 31.2 Å². The van der Waals surface area contributed by atoms with Crippen LogP contribution in [0.2, 0.25) is 0 Å². The van der Waals surface area contributed by atoms with E-state index in [4.69, 9.17) is 0 Å². The molecule has 0 spiro atoms. The highest BCUT2D eigenvalue weighted by Gasteiger charge is 2.14. The fraction of sp³-hybridized carbons (Fsp3) is 0.357. The van der Waals surface area contributed by atoms with Crippen molar-refractivity contribution in [1.29, 1.82) is 0 Å². The maximum atomic E-state index is 9.91. The van der Waals surface area contributed by atoms with Crippen LogP contribution in [0.15, 0.2) is 30.3 Å². The molecule has 0 saturated carbocycles. The van der Waals surface area contributed by atoms with Crippen molar-refractivity contribution in [3.63, 3.8) is 0 Å². The summed E-state index contributed by atoms with van der Waals surface area (Å²) in [5.74, 6) is 0.881. The number of aryl methyl sites for hydroxylation is 1. The van der Waals surface area contributed by atoms with Gasteiger partial charge >= 0.3 is 0 Å². The number of aliphatic hydroxyl groups is 1. The molecule has 1 aromatic carbocycles. The molecule has 1 atom stereocenters. The lowest BCUT2D eigenvalue weighted by Crippen LogP contribution is -2.05. The Morgan fingerprint density at radius 2 is 1.89 bits per heavy atom. The second-order valence-corrected chi connectivity index (χ2v) is 4.89. The van der Waals surface area contributed by atoms with Gasteiger partial charge in [0.2, 0.25) is 0 Å². The molecule has 4 heteroatoms. The van der Waals surface area contributed by atoms with Gasteiger partial charge < -0.3 is 10.4 Å². The van der Waals surface area contributed by atoms with Crippen LogP contribution in [0.4, 0.5) is 11.5 Å². The lowest BCUT2D eigenvalue weighted by Gasteiger charge is -2.11. The Balaban J connectivity index is 2.09. The van der Waals surface area contributed by atoms with Crippen LogP contribution in [-0.2, 0) is 0 Å². The van der Waals surface area contributed by atoms with Crippen LogP contribution in [-0.4, -0.2) is 15.3 Å². The van der Waals surface area contributed by atoms with Gasteiger partial charge in [-0.1, -0.05) is 31.5 Å². The van der Waals surface area contributed by atoms with Crippen molar-refractivity contribution < 1.29 is 5.11 Å². The number of nitrogens with one attached hydrogen (secondary N) is 2. The molecule has 96 valence electrons. The van der Waals surface area contributed by atoms with Gasteiger partial charge in [0.05, 0.1) is 11.8 Å². The Morgan fingerprint density at radius 1 is 1.22 bits per heavy atom. The van der Waals surface area contributed by atoms with E-state index < -0.39 is 6.10 Å². The van der Waals surface area contributed by atoms with E-state index in [0.717, 1.165) is 11.4 Å². The molecule has 0 aliphatic carbocycles. The van der Waals surface area contributed by atoms with Crippen molar-refractivity contribution in [3.8, 4) is 0 Å². The molecule has 3 N–H and O–H groups in total. The minimum Gasteiger partial charge on any atom is -0.387 e. The predicted molar refractivity (Wildman–Crippen MR) is 72.8 cm³/mol. The van der Waals surface area contributed by atoms with Crippen LogP contribution < -0.4 is 5.32 Å². The molecule has 0 aliphatic rings. The van der Waals surface area contributed by atoms with Crippen LogP contribution in [0.3, 0.4) is 0 Å². The Hall–Kier alpha value is -1.81. The van der Waals surface area contributed by atoms with Gasteiger partial charge in [-0.15, -0.1) is 0 Å². The number of rotatable bonds is 4. The third-order valence-corrected chi connectivity index (χ3v) is 2.87. The van der Waals surface area contributed by atoms with Crippen molar-refractivity contribution in [1.82, 2.24) is 10.2 Å². The molecular weight excluding hydrogens is 226 g/mol. The first-order chi connectivity index (χ1) is 8.56. The Morgan fingerprint density at radius 3 is 2.50 bits per heavy atom. The molecule has 2 rings (SSSR count). The van der Waals surface area contributed by atoms with Gasteiger partial charge in [0.25, 0.3) is 0 Å². The van der Waals surface area contributed by atoms with Crippen LogP contribution in [0.5, 0.6) is 0 Å². The first kappa shape index (κ1) is 12.6. The molecular formula is C14H19N3O. The number of anilines is 2. The minimum atomic E-state index is -0.508. The van der Waals surface area contributed by atoms with Gasteiger partial charge in [-0.05, 0) is 25.0 Å². The number of hydrogen-bond donors (Lipinski definition) is 3. The zero-order valence-electron chi connectivity index (χ0n) is 10.9. The number of hydrogen-bond acceptors (Lipinski definition) is 3. The van der Waals surface area contributed by atoms with Gasteiger partial charge in [-0.25, -0.2) is 0 Å². The number of nitrogens with zero attached hydrogens (tertiary/aromatic N) is 1. The van der Waals surface area contributed by atoms with E-state index in [2.05, 4.69) is 22.4 Å². The number of aliphatic hydroxyl groups excluding tert-OH is 1. The molecule has 0 amide bonds. The smallest absolute Gasteiger partial charge is 0.152 e. The number of H-pyrrole nitrogens is 1. The Bertz CT molecular complexity index is 502. The van der Waals surface area contributed by atoms with Gasteiger partial charge in [0, 0.05) is 11.8 Å². The number of aromatic nitrogens is 2. The summed E-state index contributed by atoms with van der Waals surface area (Å²) in [4.78, 5) is 0. The molecule has 0 unspecified atom stereocenters. The van der Waals surface area contributed by atoms with Crippen molar-refractivity contribution in [3.05, 3.63) is 41.6 Å². The zero-order valence-corrected chi connectivity index (χ0v) is 10.9. The fourth-order valence-electron chi connectivity index (χ4n) is 1.70. The molecule has 0 radical (unpaired) electrons. The lowest BCUT2D eigenvalue weighted by molar-refractivity contribution is 0.122. The summed E-state index contributed by atoms with van der Waals surface area (Å²) in [5, 5.41) is 20.1. The summed E-state index contributed by atoms with van der Waals surface area (Å²) in [6.45, 7) is 5.99. The Labute approximate surface area is 107 Å². The summed E-state index contributed by atoms with van der Waals surface area (Å²) in [7, 11) is 0. The molecule has 18 heavy (non-hydrogen) atoms. The number of benzene rings is 1. The highest BCUT2D eigenvalue weighted by Crippen LogP contribution is 2.23. The van der Waals surface area contributed by atoms with Crippen molar-refractivity contribution >= 4 is 11.5 Å². The highest BCUT2D eigenvalue weighted by molar-refractivity contribution is 5.56. The summed E-state index contributed by atoms with van der Waals surface area (Å²) in [6.07, 6.45) is -0.508. The monoisotopic (exact) mass is 245 g/mol. The fourth-order valence-corrected chi connectivity index (χ4v) is 1.70. The van der Waals surface area contributed by atoms with Crippen LogP contribution >= 0.6 is 0 Å². The molecule has 0 bridgehead atoms. The molecule has 1 aromatic heterocycles. The summed E-state index contributed by atoms with van der Waals surface area (Å²) in [6, 6.07) is 9.92. The van der Waals surface area contributed by atoms with E-state index >= 15 is 0 Å². The van der Waals surface area contributed by atoms with Crippen molar-refractivity contribution in [2.45, 2.75) is 26.9 Å². The van der Waals surface area contributed by atoms with E-state index in [9.17, 15) is 5.11 Å². The average Bonchev–Trinajstić information content (AvgIpc) is 2.79. The number of aromatic amines is 1. The summed E-state index contributed by atoms with van der Waals surface area (Å²) < 4.78 is 0. The van der Waals surface area contributed by atoms with Crippen molar-refractivity contribution in [2.24, 2.45) is 5.92 Å². The van der Waals surface area contributed by atoms with Crippen LogP contribution in [0.25, 0.3) is 0 Å². The predicted octanol–water partition coefficient (Wildman–Crippen LogP) is 3.15. The molecule has 0 aliphatic heterocycles. The normalized spacial score (nSPS) is 12.7. The third kappa shape index (κ3) is 2.90. The van der Waals surface area contributed by atoms with E-state index in [1.807, 2.05) is 44.2 Å². The topological polar surface area (TPSA) is 60.9 Å². The van der Waals surface area contributed by atoms with Gasteiger partial charge in [0.1, 0.15) is 0 Å². The summed E-state index contributed by atoms with van der Waals surface area (Å²) >= 11 is 0. The summed E-state index contributed by atoms with van der Waals surface area (Å²) in [5.41, 5.74) is 2.94. The maximum Gasteiger partial charge on any atom is 0.152 e. The quantitative estimate of drug-likeness (QED) is 0.775. The SMILES string of the molecule is Cc1ccc(Nc2cc([C@@H](O)C(C)C)[nH]n2)cc1. The first-order valence-corrected chi connectivity index (χ1v) is 6.13. The van der Waals surface area contributed by atoms with Gasteiger partial charge in [0.15, 0.2) is 5.82 Å². The largest absolute Gasteiger partial charge is 0.387 e.